The molecule has 144 valence electrons. The molecule has 1 atom stereocenters. The van der Waals surface area contributed by atoms with E-state index in [1.54, 1.807) is 13.3 Å². The van der Waals surface area contributed by atoms with Crippen LogP contribution in [0.2, 0.25) is 0 Å². The molecule has 0 aliphatic carbocycles. The molecule has 1 unspecified atom stereocenters. The second kappa shape index (κ2) is 8.25. The number of methoxy groups -OCH3 is 1. The summed E-state index contributed by atoms with van der Waals surface area (Å²) in [5, 5.41) is 3.07. The Morgan fingerprint density at radius 2 is 1.96 bits per heavy atom. The van der Waals surface area contributed by atoms with Crippen LogP contribution in [0.25, 0.3) is 11.0 Å². The number of anilines is 1. The van der Waals surface area contributed by atoms with E-state index in [0.717, 1.165) is 47.6 Å². The Bertz CT molecular complexity index is 958. The van der Waals surface area contributed by atoms with Gasteiger partial charge in [-0.1, -0.05) is 24.3 Å². The lowest BCUT2D eigenvalue weighted by Crippen LogP contribution is -2.43. The minimum atomic E-state index is -0.0414. The van der Waals surface area contributed by atoms with Crippen LogP contribution in [0.4, 0.5) is 5.82 Å². The molecule has 6 heteroatoms. The van der Waals surface area contributed by atoms with Gasteiger partial charge in [0.15, 0.2) is 0 Å². The van der Waals surface area contributed by atoms with Crippen LogP contribution >= 0.6 is 0 Å². The van der Waals surface area contributed by atoms with Gasteiger partial charge in [-0.3, -0.25) is 9.78 Å². The van der Waals surface area contributed by atoms with E-state index >= 15 is 0 Å². The first-order valence-corrected chi connectivity index (χ1v) is 9.60. The molecule has 1 saturated heterocycles. The summed E-state index contributed by atoms with van der Waals surface area (Å²) >= 11 is 0. The Morgan fingerprint density at radius 1 is 1.18 bits per heavy atom. The fourth-order valence-corrected chi connectivity index (χ4v) is 3.58. The lowest BCUT2D eigenvalue weighted by atomic mass is 9.97. The summed E-state index contributed by atoms with van der Waals surface area (Å²) < 4.78 is 5.17. The van der Waals surface area contributed by atoms with Gasteiger partial charge in [0, 0.05) is 19.6 Å². The molecule has 28 heavy (non-hydrogen) atoms. The maximum Gasteiger partial charge on any atom is 0.225 e. The van der Waals surface area contributed by atoms with Crippen LogP contribution in [-0.2, 0) is 11.3 Å². The number of nitrogens with one attached hydrogen (secondary N) is 1. The highest BCUT2D eigenvalue weighted by molar-refractivity contribution is 5.80. The Hall–Kier alpha value is -3.15. The van der Waals surface area contributed by atoms with Gasteiger partial charge in [0.1, 0.15) is 11.6 Å². The van der Waals surface area contributed by atoms with Crippen LogP contribution in [0.15, 0.2) is 54.7 Å². The molecule has 1 fully saturated rings. The summed E-state index contributed by atoms with van der Waals surface area (Å²) in [6.07, 6.45) is 3.67. The molecule has 4 rings (SSSR count). The van der Waals surface area contributed by atoms with Crippen molar-refractivity contribution in [2.24, 2.45) is 5.92 Å². The summed E-state index contributed by atoms with van der Waals surface area (Å²) in [6, 6.07) is 15.6. The summed E-state index contributed by atoms with van der Waals surface area (Å²) in [7, 11) is 1.64. The predicted octanol–water partition coefficient (Wildman–Crippen LogP) is 3.17. The second-order valence-electron chi connectivity index (χ2n) is 7.07. The van der Waals surface area contributed by atoms with Crippen LogP contribution in [0.3, 0.4) is 0 Å². The lowest BCUT2D eigenvalue weighted by Gasteiger charge is -2.32. The Morgan fingerprint density at radius 3 is 2.75 bits per heavy atom. The molecule has 2 aromatic carbocycles. The molecule has 0 radical (unpaired) electrons. The van der Waals surface area contributed by atoms with Gasteiger partial charge >= 0.3 is 0 Å². The van der Waals surface area contributed by atoms with Gasteiger partial charge in [-0.15, -0.1) is 0 Å². The molecule has 2 heterocycles. The number of aromatic nitrogens is 2. The fourth-order valence-electron chi connectivity index (χ4n) is 3.58. The zero-order valence-corrected chi connectivity index (χ0v) is 16.0. The number of benzene rings is 2. The minimum absolute atomic E-state index is 0.0414. The van der Waals surface area contributed by atoms with Crippen molar-refractivity contribution in [3.05, 3.63) is 60.3 Å². The minimum Gasteiger partial charge on any atom is -0.497 e. The van der Waals surface area contributed by atoms with Gasteiger partial charge in [-0.2, -0.15) is 0 Å². The number of fused-ring (bicyclic) bond motifs is 1. The van der Waals surface area contributed by atoms with Crippen molar-refractivity contribution < 1.29 is 9.53 Å². The standard InChI is InChI=1S/C22H24N4O2/c1-28-18-10-8-16(9-11-18)13-24-22(27)17-5-4-12-26(15-17)21-14-23-19-6-2-3-7-20(19)25-21/h2-3,6-11,14,17H,4-5,12-13,15H2,1H3,(H,24,27). The van der Waals surface area contributed by atoms with Crippen LogP contribution in [0.1, 0.15) is 18.4 Å². The van der Waals surface area contributed by atoms with Crippen molar-refractivity contribution in [1.82, 2.24) is 15.3 Å². The molecule has 3 aromatic rings. The Kier molecular flexibility index (Phi) is 5.37. The van der Waals surface area contributed by atoms with Crippen LogP contribution in [0, 0.1) is 5.92 Å². The molecular formula is C22H24N4O2. The van der Waals surface area contributed by atoms with Crippen molar-refractivity contribution in [3.63, 3.8) is 0 Å². The van der Waals surface area contributed by atoms with Crippen LogP contribution < -0.4 is 15.0 Å². The molecule has 0 saturated carbocycles. The molecule has 1 aromatic heterocycles. The summed E-state index contributed by atoms with van der Waals surface area (Å²) in [5.41, 5.74) is 2.82. The van der Waals surface area contributed by atoms with Crippen LogP contribution in [0.5, 0.6) is 5.75 Å². The van der Waals surface area contributed by atoms with Gasteiger partial charge < -0.3 is 15.0 Å². The summed E-state index contributed by atoms with van der Waals surface area (Å²) in [6.45, 7) is 2.09. The number of hydrogen-bond donors (Lipinski definition) is 1. The number of para-hydroxylation sites is 2. The van der Waals surface area contributed by atoms with E-state index in [0.29, 0.717) is 13.1 Å². The average molecular weight is 376 g/mol. The second-order valence-corrected chi connectivity index (χ2v) is 7.07. The summed E-state index contributed by atoms with van der Waals surface area (Å²) in [5.74, 6) is 1.70. The molecule has 6 nitrogen and oxygen atoms in total. The topological polar surface area (TPSA) is 67.3 Å². The maximum absolute atomic E-state index is 12.7. The number of nitrogens with zero attached hydrogens (tertiary/aromatic N) is 3. The van der Waals surface area contributed by atoms with E-state index in [2.05, 4.69) is 15.2 Å². The van der Waals surface area contributed by atoms with Crippen LogP contribution in [-0.4, -0.2) is 36.1 Å². The third-order valence-corrected chi connectivity index (χ3v) is 5.18. The van der Waals surface area contributed by atoms with Gasteiger partial charge in [0.25, 0.3) is 0 Å². The normalized spacial score (nSPS) is 16.8. The first-order valence-electron chi connectivity index (χ1n) is 9.60. The molecule has 1 N–H and O–H groups in total. The average Bonchev–Trinajstić information content (AvgIpc) is 2.77. The van der Waals surface area contributed by atoms with E-state index in [1.807, 2.05) is 48.5 Å². The predicted molar refractivity (Wildman–Crippen MR) is 109 cm³/mol. The SMILES string of the molecule is COc1ccc(CNC(=O)C2CCCN(c3cnc4ccccc4n3)C2)cc1. The molecule has 0 bridgehead atoms. The van der Waals surface area contributed by atoms with Gasteiger partial charge in [-0.05, 0) is 42.7 Å². The number of carbonyl (C=O) groups excluding carboxylic acids is 1. The zero-order valence-electron chi connectivity index (χ0n) is 16.0. The highest BCUT2D eigenvalue weighted by Gasteiger charge is 2.26. The van der Waals surface area contributed by atoms with Crippen molar-refractivity contribution in [3.8, 4) is 5.75 Å². The number of carbonyl (C=O) groups is 1. The molecule has 0 spiro atoms. The molecule has 1 aliphatic rings. The zero-order chi connectivity index (χ0) is 19.3. The number of ether oxygens (including phenoxy) is 1. The molecule has 1 amide bonds. The maximum atomic E-state index is 12.7. The van der Waals surface area contributed by atoms with E-state index in [-0.39, 0.29) is 11.8 Å². The largest absolute Gasteiger partial charge is 0.497 e. The van der Waals surface area contributed by atoms with Crippen molar-refractivity contribution >= 4 is 22.8 Å². The van der Waals surface area contributed by atoms with Gasteiger partial charge in [0.05, 0.1) is 30.3 Å². The first kappa shape index (κ1) is 18.2. The smallest absolute Gasteiger partial charge is 0.225 e. The van der Waals surface area contributed by atoms with E-state index < -0.39 is 0 Å². The first-order chi connectivity index (χ1) is 13.7. The van der Waals surface area contributed by atoms with Gasteiger partial charge in [0.2, 0.25) is 5.91 Å². The highest BCUT2D eigenvalue weighted by Crippen LogP contribution is 2.23. The van der Waals surface area contributed by atoms with E-state index in [9.17, 15) is 4.79 Å². The van der Waals surface area contributed by atoms with E-state index in [4.69, 9.17) is 9.72 Å². The van der Waals surface area contributed by atoms with Gasteiger partial charge in [-0.25, -0.2) is 4.98 Å². The number of hydrogen-bond acceptors (Lipinski definition) is 5. The lowest BCUT2D eigenvalue weighted by molar-refractivity contribution is -0.125. The fraction of sp³-hybridized carbons (Fsp3) is 0.318. The van der Waals surface area contributed by atoms with Crippen molar-refractivity contribution in [2.75, 3.05) is 25.1 Å². The number of rotatable bonds is 5. The number of amides is 1. The Labute approximate surface area is 164 Å². The van der Waals surface area contributed by atoms with E-state index in [1.165, 1.54) is 0 Å². The Balaban J connectivity index is 1.38. The van der Waals surface area contributed by atoms with Crippen molar-refractivity contribution in [1.29, 1.82) is 0 Å². The number of piperidine rings is 1. The third-order valence-electron chi connectivity index (χ3n) is 5.18. The monoisotopic (exact) mass is 376 g/mol. The third kappa shape index (κ3) is 4.06. The molecular weight excluding hydrogens is 352 g/mol. The molecule has 1 aliphatic heterocycles. The van der Waals surface area contributed by atoms with Crippen molar-refractivity contribution in [2.45, 2.75) is 19.4 Å². The highest BCUT2D eigenvalue weighted by atomic mass is 16.5. The quantitative estimate of drug-likeness (QED) is 0.741. The summed E-state index contributed by atoms with van der Waals surface area (Å²) in [4.78, 5) is 24.1.